The Kier molecular flexibility index (Phi) is 4.63. The fraction of sp³-hybridized carbons (Fsp3) is 0.536. The van der Waals surface area contributed by atoms with Crippen molar-refractivity contribution in [1.82, 2.24) is 4.98 Å². The van der Waals surface area contributed by atoms with Gasteiger partial charge in [-0.1, -0.05) is 31.2 Å². The van der Waals surface area contributed by atoms with Gasteiger partial charge in [-0.05, 0) is 97.4 Å². The smallest absolute Gasteiger partial charge is 0.0966 e. The lowest BCUT2D eigenvalue weighted by Crippen LogP contribution is -2.48. The molecule has 1 saturated carbocycles. The summed E-state index contributed by atoms with van der Waals surface area (Å²) in [4.78, 5) is 4.32. The zero-order valence-corrected chi connectivity index (χ0v) is 18.5. The Morgan fingerprint density at radius 3 is 2.94 bits per heavy atom. The maximum absolute atomic E-state index is 10.4. The summed E-state index contributed by atoms with van der Waals surface area (Å²) in [6, 6.07) is 9.03. The van der Waals surface area contributed by atoms with E-state index in [-0.39, 0.29) is 17.3 Å². The van der Waals surface area contributed by atoms with Gasteiger partial charge in [-0.3, -0.25) is 4.98 Å². The van der Waals surface area contributed by atoms with Crippen molar-refractivity contribution in [2.24, 2.45) is 5.92 Å². The number of allylic oxidation sites excluding steroid dienone is 1. The molecule has 2 aliphatic carbocycles. The number of rotatable bonds is 1. The van der Waals surface area contributed by atoms with Crippen LogP contribution in [-0.2, 0) is 4.74 Å². The van der Waals surface area contributed by atoms with Crippen LogP contribution in [-0.4, -0.2) is 27.4 Å². The molecule has 1 unspecified atom stereocenters. The SMILES string of the molecule is C[C@H]1CCC(c2ccc3ccncc3c2)CC/C=C2/C=C3CC[C@H](O)C[C@]34CC[C@@]21O4. The van der Waals surface area contributed by atoms with Crippen LogP contribution in [0.4, 0.5) is 0 Å². The topological polar surface area (TPSA) is 42.4 Å². The second-order valence-corrected chi connectivity index (χ2v) is 10.4. The predicted octanol–water partition coefficient (Wildman–Crippen LogP) is 6.23. The second kappa shape index (κ2) is 7.28. The van der Waals surface area contributed by atoms with Gasteiger partial charge in [-0.15, -0.1) is 0 Å². The van der Waals surface area contributed by atoms with Gasteiger partial charge in [-0.25, -0.2) is 0 Å². The van der Waals surface area contributed by atoms with E-state index in [4.69, 9.17) is 4.74 Å². The fourth-order valence-corrected chi connectivity index (χ4v) is 6.91. The van der Waals surface area contributed by atoms with E-state index in [0.717, 1.165) is 38.5 Å². The van der Waals surface area contributed by atoms with Crippen molar-refractivity contribution in [2.45, 2.75) is 87.9 Å². The van der Waals surface area contributed by atoms with Crippen LogP contribution >= 0.6 is 0 Å². The van der Waals surface area contributed by atoms with E-state index >= 15 is 0 Å². The number of benzene rings is 1. The van der Waals surface area contributed by atoms with Crippen molar-refractivity contribution in [3.05, 3.63) is 65.5 Å². The van der Waals surface area contributed by atoms with Gasteiger partial charge in [0.05, 0.1) is 17.3 Å². The van der Waals surface area contributed by atoms with Gasteiger partial charge in [-0.2, -0.15) is 0 Å². The van der Waals surface area contributed by atoms with Crippen molar-refractivity contribution in [2.75, 3.05) is 0 Å². The highest BCUT2D eigenvalue weighted by atomic mass is 16.5. The van der Waals surface area contributed by atoms with Crippen molar-refractivity contribution in [1.29, 1.82) is 0 Å². The van der Waals surface area contributed by atoms with Crippen molar-refractivity contribution in [3.8, 4) is 0 Å². The molecule has 1 aromatic carbocycles. The van der Waals surface area contributed by atoms with Crippen LogP contribution in [0.5, 0.6) is 0 Å². The summed E-state index contributed by atoms with van der Waals surface area (Å²) < 4.78 is 7.05. The van der Waals surface area contributed by atoms with Crippen LogP contribution in [0.3, 0.4) is 0 Å². The Morgan fingerprint density at radius 2 is 2.00 bits per heavy atom. The molecular weight excluding hydrogens is 382 g/mol. The molecule has 2 aliphatic heterocycles. The van der Waals surface area contributed by atoms with Gasteiger partial charge in [0, 0.05) is 24.2 Å². The molecule has 2 spiro atoms. The second-order valence-electron chi connectivity index (χ2n) is 10.4. The predicted molar refractivity (Wildman–Crippen MR) is 124 cm³/mol. The summed E-state index contributed by atoms with van der Waals surface area (Å²) in [5.41, 5.74) is 3.99. The normalized spacial score (nSPS) is 39.4. The van der Waals surface area contributed by atoms with E-state index in [1.54, 1.807) is 0 Å². The Labute approximate surface area is 185 Å². The summed E-state index contributed by atoms with van der Waals surface area (Å²) >= 11 is 0. The first kappa shape index (κ1) is 19.7. The lowest BCUT2D eigenvalue weighted by Gasteiger charge is -2.47. The third-order valence-electron chi connectivity index (χ3n) is 8.75. The van der Waals surface area contributed by atoms with E-state index in [1.165, 1.54) is 46.7 Å². The monoisotopic (exact) mass is 415 g/mol. The van der Waals surface area contributed by atoms with Crippen molar-refractivity contribution < 1.29 is 9.84 Å². The van der Waals surface area contributed by atoms with Crippen LogP contribution in [0.1, 0.15) is 76.2 Å². The third-order valence-corrected chi connectivity index (χ3v) is 8.75. The molecule has 31 heavy (non-hydrogen) atoms. The number of ether oxygens (including phenoxy) is 1. The molecule has 1 N–H and O–H groups in total. The van der Waals surface area contributed by atoms with E-state index < -0.39 is 0 Å². The highest BCUT2D eigenvalue weighted by Crippen LogP contribution is 2.59. The van der Waals surface area contributed by atoms with Gasteiger partial charge in [0.1, 0.15) is 0 Å². The first-order chi connectivity index (χ1) is 15.1. The lowest BCUT2D eigenvalue weighted by atomic mass is 9.74. The van der Waals surface area contributed by atoms with E-state index in [2.05, 4.69) is 48.3 Å². The molecule has 2 aromatic rings. The molecule has 5 atom stereocenters. The van der Waals surface area contributed by atoms with Gasteiger partial charge >= 0.3 is 0 Å². The van der Waals surface area contributed by atoms with E-state index in [9.17, 15) is 5.11 Å². The molecule has 2 bridgehead atoms. The van der Waals surface area contributed by atoms with Crippen LogP contribution < -0.4 is 0 Å². The average molecular weight is 416 g/mol. The molecule has 0 amide bonds. The zero-order valence-electron chi connectivity index (χ0n) is 18.5. The summed E-state index contributed by atoms with van der Waals surface area (Å²) in [7, 11) is 0. The van der Waals surface area contributed by atoms with Gasteiger partial charge in [0.25, 0.3) is 0 Å². The average Bonchev–Trinajstić information content (AvgIpc) is 3.13. The van der Waals surface area contributed by atoms with E-state index in [0.29, 0.717) is 11.8 Å². The highest BCUT2D eigenvalue weighted by Gasteiger charge is 2.58. The molecule has 4 aliphatic rings. The molecule has 2 fully saturated rings. The van der Waals surface area contributed by atoms with Crippen LogP contribution in [0.25, 0.3) is 10.8 Å². The molecule has 3 heterocycles. The molecule has 3 heteroatoms. The van der Waals surface area contributed by atoms with Crippen LogP contribution in [0.15, 0.2) is 60.0 Å². The minimum atomic E-state index is -0.212. The number of aliphatic hydroxyl groups excluding tert-OH is 1. The summed E-state index contributed by atoms with van der Waals surface area (Å²) in [5, 5.41) is 12.9. The van der Waals surface area contributed by atoms with Gasteiger partial charge in [0.15, 0.2) is 0 Å². The maximum Gasteiger partial charge on any atom is 0.0966 e. The number of aromatic nitrogens is 1. The molecule has 162 valence electrons. The third kappa shape index (κ3) is 3.12. The summed E-state index contributed by atoms with van der Waals surface area (Å²) in [6.07, 6.45) is 18.1. The molecule has 0 radical (unpaired) electrons. The Morgan fingerprint density at radius 1 is 1.06 bits per heavy atom. The Balaban J connectivity index is 1.32. The van der Waals surface area contributed by atoms with Crippen LogP contribution in [0, 0.1) is 5.92 Å². The van der Waals surface area contributed by atoms with Crippen molar-refractivity contribution >= 4 is 10.8 Å². The first-order valence-electron chi connectivity index (χ1n) is 12.2. The Hall–Kier alpha value is -1.97. The number of aliphatic hydroxyl groups is 1. The molecular formula is C28H33NO2. The van der Waals surface area contributed by atoms with Gasteiger partial charge < -0.3 is 9.84 Å². The van der Waals surface area contributed by atoms with Gasteiger partial charge in [0.2, 0.25) is 0 Å². The number of hydrogen-bond acceptors (Lipinski definition) is 3. The Bertz CT molecular complexity index is 1070. The zero-order chi connectivity index (χ0) is 21.1. The molecule has 6 rings (SSSR count). The van der Waals surface area contributed by atoms with Crippen LogP contribution in [0.2, 0.25) is 0 Å². The minimum absolute atomic E-state index is 0.150. The largest absolute Gasteiger partial charge is 0.393 e. The number of pyridine rings is 1. The minimum Gasteiger partial charge on any atom is -0.393 e. The number of nitrogens with zero attached hydrogens (tertiary/aromatic N) is 1. The van der Waals surface area contributed by atoms with Crippen molar-refractivity contribution in [3.63, 3.8) is 0 Å². The number of fused-ring (bicyclic) bond motifs is 1. The van der Waals surface area contributed by atoms with E-state index in [1.807, 2.05) is 12.4 Å². The molecule has 1 saturated heterocycles. The maximum atomic E-state index is 10.4. The first-order valence-corrected chi connectivity index (χ1v) is 12.2. The molecule has 1 aromatic heterocycles. The quantitative estimate of drug-likeness (QED) is 0.600. The summed E-state index contributed by atoms with van der Waals surface area (Å²) in [6.45, 7) is 2.40. The molecule has 3 nitrogen and oxygen atoms in total. The lowest BCUT2D eigenvalue weighted by molar-refractivity contribution is -0.122. The number of hydrogen-bond donors (Lipinski definition) is 1. The fourth-order valence-electron chi connectivity index (χ4n) is 6.91. The standard InChI is InChI=1S/C28H33NO2/c1-19-5-6-20(22-8-7-21-11-14-29-18-23(21)15-22)3-2-4-25-16-24-9-10-26(30)17-27(24)12-13-28(19,25)31-27/h4,7-8,11,14-16,18-20,26,30H,2-3,5-6,9-10,12-13,17H2,1H3/b25-4-/t19-,20?,26-,27+,28-/m0/s1. The highest BCUT2D eigenvalue weighted by molar-refractivity contribution is 5.82. The summed E-state index contributed by atoms with van der Waals surface area (Å²) in [5.74, 6) is 1.06.